The molecule has 0 fully saturated rings. The molecule has 4 nitrogen and oxygen atoms in total. The third kappa shape index (κ3) is 1.42. The number of aliphatic carboxylic acids is 1. The maximum atomic E-state index is 13.3. The van der Waals surface area contributed by atoms with E-state index >= 15 is 0 Å². The molecule has 16 heavy (non-hydrogen) atoms. The van der Waals surface area contributed by atoms with Crippen molar-refractivity contribution in [3.8, 4) is 5.75 Å². The number of Topliss-reactive ketones (excluding diaryl/α,β-unsaturated/α-hetero) is 1. The first kappa shape index (κ1) is 10.5. The summed E-state index contributed by atoms with van der Waals surface area (Å²) >= 11 is 0. The van der Waals surface area contributed by atoms with E-state index in [0.29, 0.717) is 6.07 Å². The van der Waals surface area contributed by atoms with E-state index in [2.05, 4.69) is 0 Å². The van der Waals surface area contributed by atoms with Gasteiger partial charge in [0.1, 0.15) is 5.82 Å². The zero-order chi connectivity index (χ0) is 11.9. The van der Waals surface area contributed by atoms with Crippen LogP contribution >= 0.6 is 0 Å². The highest BCUT2D eigenvalue weighted by molar-refractivity contribution is 6.40. The second-order valence-corrected chi connectivity index (χ2v) is 3.26. The number of carboxylic acid groups (broad SMARTS) is 1. The summed E-state index contributed by atoms with van der Waals surface area (Å²) in [6, 6.07) is 0.459. The summed E-state index contributed by atoms with van der Waals surface area (Å²) in [5, 5.41) is 8.51. The summed E-state index contributed by atoms with van der Waals surface area (Å²) < 4.78 is 31.4. The van der Waals surface area contributed by atoms with Gasteiger partial charge >= 0.3 is 5.97 Å². The molecule has 6 heteroatoms. The quantitative estimate of drug-likeness (QED) is 0.609. The van der Waals surface area contributed by atoms with Gasteiger partial charge in [0.05, 0.1) is 12.2 Å². The number of rotatable bonds is 2. The molecule has 0 spiro atoms. The van der Waals surface area contributed by atoms with Gasteiger partial charge in [-0.15, -0.1) is 0 Å². The molecule has 1 aromatic rings. The Morgan fingerprint density at radius 3 is 2.62 bits per heavy atom. The van der Waals surface area contributed by atoms with Gasteiger partial charge in [-0.05, 0) is 0 Å². The number of ether oxygens (including phenoxy) is 1. The Balaban J connectivity index is 2.66. The van der Waals surface area contributed by atoms with Gasteiger partial charge in [0, 0.05) is 18.1 Å². The van der Waals surface area contributed by atoms with Gasteiger partial charge in [0.2, 0.25) is 0 Å². The number of hydrogen-bond donors (Lipinski definition) is 1. The van der Waals surface area contributed by atoms with Crippen LogP contribution < -0.4 is 4.74 Å². The molecule has 1 N–H and O–H groups in total. The van der Waals surface area contributed by atoms with Crippen LogP contribution in [0, 0.1) is 11.6 Å². The number of hydrogen-bond acceptors (Lipinski definition) is 3. The fraction of sp³-hybridized carbons (Fsp3) is 0.200. The van der Waals surface area contributed by atoms with Crippen LogP contribution in [0.4, 0.5) is 8.78 Å². The third-order valence-corrected chi connectivity index (χ3v) is 2.30. The van der Waals surface area contributed by atoms with Crippen LogP contribution in [0.2, 0.25) is 0 Å². The minimum atomic E-state index is -1.78. The van der Waals surface area contributed by atoms with Crippen LogP contribution in [-0.4, -0.2) is 23.5 Å². The molecule has 0 saturated carbocycles. The lowest BCUT2D eigenvalue weighted by molar-refractivity contribution is -0.131. The smallest absolute Gasteiger partial charge is 0.377 e. The van der Waals surface area contributed by atoms with Crippen LogP contribution in [0.1, 0.15) is 15.9 Å². The number of carbonyl (C=O) groups is 2. The van der Waals surface area contributed by atoms with Crippen molar-refractivity contribution in [2.45, 2.75) is 6.42 Å². The van der Waals surface area contributed by atoms with E-state index in [1.165, 1.54) is 0 Å². The molecule has 0 aliphatic carbocycles. The lowest BCUT2D eigenvalue weighted by Gasteiger charge is -2.06. The van der Waals surface area contributed by atoms with E-state index in [9.17, 15) is 18.4 Å². The average molecular weight is 228 g/mol. The molecule has 1 aliphatic heterocycles. The SMILES string of the molecule is O=C(O)C(=O)c1c(F)cc(F)c2c1CCO2. The van der Waals surface area contributed by atoms with Crippen LogP contribution in [0.25, 0.3) is 0 Å². The molecule has 0 unspecified atom stereocenters. The fourth-order valence-electron chi connectivity index (χ4n) is 1.65. The van der Waals surface area contributed by atoms with Crippen LogP contribution in [0.5, 0.6) is 5.75 Å². The minimum absolute atomic E-state index is 0.00935. The lowest BCUT2D eigenvalue weighted by atomic mass is 10.0. The summed E-state index contributed by atoms with van der Waals surface area (Å²) in [5.41, 5.74) is -0.619. The van der Waals surface area contributed by atoms with Gasteiger partial charge in [-0.2, -0.15) is 0 Å². The highest BCUT2D eigenvalue weighted by Crippen LogP contribution is 2.33. The van der Waals surface area contributed by atoms with Gasteiger partial charge in [-0.25, -0.2) is 13.6 Å². The first-order chi connectivity index (χ1) is 7.52. The largest absolute Gasteiger partial charge is 0.490 e. The number of ketones is 1. The number of carboxylic acids is 1. The maximum Gasteiger partial charge on any atom is 0.377 e. The van der Waals surface area contributed by atoms with Gasteiger partial charge in [-0.3, -0.25) is 4.79 Å². The summed E-state index contributed by atoms with van der Waals surface area (Å²) in [7, 11) is 0. The van der Waals surface area contributed by atoms with Gasteiger partial charge in [0.25, 0.3) is 5.78 Å². The van der Waals surface area contributed by atoms with Crippen molar-refractivity contribution in [1.82, 2.24) is 0 Å². The van der Waals surface area contributed by atoms with Crippen molar-refractivity contribution >= 4 is 11.8 Å². The van der Waals surface area contributed by atoms with E-state index in [1.54, 1.807) is 0 Å². The number of fused-ring (bicyclic) bond motifs is 1. The maximum absolute atomic E-state index is 13.3. The fourth-order valence-corrected chi connectivity index (χ4v) is 1.65. The summed E-state index contributed by atoms with van der Waals surface area (Å²) in [6.07, 6.45) is 0.123. The topological polar surface area (TPSA) is 63.6 Å². The highest BCUT2D eigenvalue weighted by atomic mass is 19.1. The Morgan fingerprint density at radius 2 is 2.00 bits per heavy atom. The molecule has 0 bridgehead atoms. The minimum Gasteiger partial charge on any atom is -0.490 e. The second kappa shape index (κ2) is 3.55. The Labute approximate surface area is 88.4 Å². The van der Waals surface area contributed by atoms with Gasteiger partial charge < -0.3 is 9.84 Å². The van der Waals surface area contributed by atoms with Crippen molar-refractivity contribution in [1.29, 1.82) is 0 Å². The molecule has 0 aromatic heterocycles. The summed E-state index contributed by atoms with van der Waals surface area (Å²) in [4.78, 5) is 21.7. The Hall–Kier alpha value is -1.98. The average Bonchev–Trinajstić information content (AvgIpc) is 2.66. The molecule has 0 atom stereocenters. The van der Waals surface area contributed by atoms with E-state index < -0.39 is 29.0 Å². The molecule has 0 saturated heterocycles. The zero-order valence-electron chi connectivity index (χ0n) is 7.92. The number of benzene rings is 1. The molecule has 1 heterocycles. The zero-order valence-corrected chi connectivity index (χ0v) is 7.92. The van der Waals surface area contributed by atoms with Crippen molar-refractivity contribution in [2.24, 2.45) is 0 Å². The third-order valence-electron chi connectivity index (χ3n) is 2.30. The second-order valence-electron chi connectivity index (χ2n) is 3.26. The van der Waals surface area contributed by atoms with Crippen molar-refractivity contribution in [3.63, 3.8) is 0 Å². The molecule has 1 aliphatic rings. The predicted octanol–water partition coefficient (Wildman–Crippen LogP) is 1.17. The van der Waals surface area contributed by atoms with Gasteiger partial charge in [0.15, 0.2) is 11.6 Å². The summed E-state index contributed by atoms with van der Waals surface area (Å²) in [6.45, 7) is 0.107. The summed E-state index contributed by atoms with van der Waals surface area (Å²) in [5.74, 6) is -5.49. The molecule has 0 radical (unpaired) electrons. The molecule has 2 rings (SSSR count). The standard InChI is InChI=1S/C10H6F2O4/c11-5-3-6(12)9-4(1-2-16-9)7(5)8(13)10(14)15/h3H,1-2H2,(H,14,15). The lowest BCUT2D eigenvalue weighted by Crippen LogP contribution is -2.17. The van der Waals surface area contributed by atoms with Crippen LogP contribution in [0.15, 0.2) is 6.07 Å². The number of halogens is 2. The monoisotopic (exact) mass is 228 g/mol. The predicted molar refractivity (Wildman–Crippen MR) is 47.5 cm³/mol. The molecule has 1 aromatic carbocycles. The molecule has 0 amide bonds. The van der Waals surface area contributed by atoms with Crippen molar-refractivity contribution < 1.29 is 28.2 Å². The molecular formula is C10H6F2O4. The van der Waals surface area contributed by atoms with Crippen molar-refractivity contribution in [2.75, 3.05) is 6.61 Å². The van der Waals surface area contributed by atoms with Gasteiger partial charge in [-0.1, -0.05) is 0 Å². The first-order valence-electron chi connectivity index (χ1n) is 4.43. The van der Waals surface area contributed by atoms with Crippen molar-refractivity contribution in [3.05, 3.63) is 28.8 Å². The van der Waals surface area contributed by atoms with Crippen LogP contribution in [0.3, 0.4) is 0 Å². The Morgan fingerprint density at radius 1 is 1.31 bits per heavy atom. The Kier molecular flexibility index (Phi) is 2.34. The van der Waals surface area contributed by atoms with E-state index in [1.807, 2.05) is 0 Å². The Bertz CT molecular complexity index is 496. The highest BCUT2D eigenvalue weighted by Gasteiger charge is 2.30. The van der Waals surface area contributed by atoms with E-state index in [-0.39, 0.29) is 24.3 Å². The van der Waals surface area contributed by atoms with E-state index in [0.717, 1.165) is 0 Å². The molecule has 84 valence electrons. The number of carbonyl (C=O) groups excluding carboxylic acids is 1. The van der Waals surface area contributed by atoms with Crippen LogP contribution in [-0.2, 0) is 11.2 Å². The normalized spacial score (nSPS) is 13.1. The molecular weight excluding hydrogens is 222 g/mol. The first-order valence-corrected chi connectivity index (χ1v) is 4.43. The van der Waals surface area contributed by atoms with E-state index in [4.69, 9.17) is 9.84 Å².